The number of nitro benzene ring substituents is 1. The lowest BCUT2D eigenvalue weighted by atomic mass is 10.1. The van der Waals surface area contributed by atoms with Gasteiger partial charge in [-0.15, -0.1) is 0 Å². The number of benzene rings is 3. The first-order chi connectivity index (χ1) is 15.1. The molecule has 0 saturated heterocycles. The number of hydrogen-bond acceptors (Lipinski definition) is 6. The van der Waals surface area contributed by atoms with E-state index >= 15 is 0 Å². The van der Waals surface area contributed by atoms with E-state index in [1.807, 2.05) is 36.4 Å². The highest BCUT2D eigenvalue weighted by Crippen LogP contribution is 2.26. The van der Waals surface area contributed by atoms with Crippen LogP contribution in [-0.2, 0) is 4.74 Å². The number of carbonyl (C=O) groups excluding carboxylic acids is 1. The Labute approximate surface area is 179 Å². The molecular weight excluding hydrogens is 398 g/mol. The van der Waals surface area contributed by atoms with E-state index in [4.69, 9.17) is 9.47 Å². The molecule has 31 heavy (non-hydrogen) atoms. The standard InChI is InChI=1S/C23H21N3O5/c1-2-30-23(27)25(19-13-7-4-8-14-19)24-20(18-11-5-3-6-12-18)17-31-22-16-10-9-15-21(22)26(28)29/h3-16H,2,17H2,1H3/b24-20+. The van der Waals surface area contributed by atoms with E-state index in [0.717, 1.165) is 5.01 Å². The maximum Gasteiger partial charge on any atom is 0.435 e. The van der Waals surface area contributed by atoms with Crippen molar-refractivity contribution in [2.45, 2.75) is 6.92 Å². The lowest BCUT2D eigenvalue weighted by Gasteiger charge is -2.19. The van der Waals surface area contributed by atoms with Crippen molar-refractivity contribution in [1.82, 2.24) is 0 Å². The summed E-state index contributed by atoms with van der Waals surface area (Å²) in [6.45, 7) is 1.79. The Balaban J connectivity index is 1.99. The van der Waals surface area contributed by atoms with Crippen molar-refractivity contribution in [3.05, 3.63) is 101 Å². The lowest BCUT2D eigenvalue weighted by molar-refractivity contribution is -0.385. The summed E-state index contributed by atoms with van der Waals surface area (Å²) in [5.74, 6) is 0.110. The van der Waals surface area contributed by atoms with E-state index in [9.17, 15) is 14.9 Å². The quantitative estimate of drug-likeness (QED) is 0.290. The average Bonchev–Trinajstić information content (AvgIpc) is 2.80. The first kappa shape index (κ1) is 21.5. The molecule has 0 fully saturated rings. The Morgan fingerprint density at radius 3 is 2.23 bits per heavy atom. The van der Waals surface area contributed by atoms with Crippen LogP contribution < -0.4 is 9.75 Å². The van der Waals surface area contributed by atoms with Gasteiger partial charge in [-0.2, -0.15) is 10.1 Å². The van der Waals surface area contributed by atoms with Gasteiger partial charge in [0.2, 0.25) is 0 Å². The number of para-hydroxylation sites is 3. The fourth-order valence-electron chi connectivity index (χ4n) is 2.76. The maximum absolute atomic E-state index is 12.6. The molecule has 8 heteroatoms. The number of anilines is 1. The number of hydrogen-bond donors (Lipinski definition) is 0. The van der Waals surface area contributed by atoms with Crippen molar-refractivity contribution in [1.29, 1.82) is 0 Å². The summed E-state index contributed by atoms with van der Waals surface area (Å²) in [6, 6.07) is 24.1. The van der Waals surface area contributed by atoms with Gasteiger partial charge in [-0.05, 0) is 25.1 Å². The minimum absolute atomic E-state index is 0.0996. The molecule has 1 amide bonds. The Hall–Kier alpha value is -4.20. The second-order valence-electron chi connectivity index (χ2n) is 6.27. The molecule has 0 saturated carbocycles. The third-order valence-electron chi connectivity index (χ3n) is 4.20. The molecule has 0 radical (unpaired) electrons. The molecule has 0 bridgehead atoms. The van der Waals surface area contributed by atoms with Crippen LogP contribution in [0.4, 0.5) is 16.2 Å². The van der Waals surface area contributed by atoms with Crippen LogP contribution in [0.15, 0.2) is 90.0 Å². The van der Waals surface area contributed by atoms with E-state index in [1.165, 1.54) is 12.1 Å². The number of rotatable bonds is 8. The van der Waals surface area contributed by atoms with Gasteiger partial charge >= 0.3 is 11.8 Å². The highest BCUT2D eigenvalue weighted by atomic mass is 16.6. The largest absolute Gasteiger partial charge is 0.480 e. The van der Waals surface area contributed by atoms with Gasteiger partial charge in [0.15, 0.2) is 5.75 Å². The molecule has 0 atom stereocenters. The fraction of sp³-hybridized carbons (Fsp3) is 0.130. The summed E-state index contributed by atoms with van der Waals surface area (Å²) in [4.78, 5) is 23.4. The Kier molecular flexibility index (Phi) is 7.31. The molecule has 0 spiro atoms. The monoisotopic (exact) mass is 419 g/mol. The highest BCUT2D eigenvalue weighted by Gasteiger charge is 2.20. The topological polar surface area (TPSA) is 94.3 Å². The molecule has 3 aromatic rings. The molecule has 158 valence electrons. The average molecular weight is 419 g/mol. The Bertz CT molecular complexity index is 1060. The molecule has 3 rings (SSSR count). The number of amides is 1. The summed E-state index contributed by atoms with van der Waals surface area (Å²) in [7, 11) is 0. The third kappa shape index (κ3) is 5.66. The summed E-state index contributed by atoms with van der Waals surface area (Å²) in [5, 5.41) is 16.9. The van der Waals surface area contributed by atoms with Crippen molar-refractivity contribution in [3.63, 3.8) is 0 Å². The third-order valence-corrected chi connectivity index (χ3v) is 4.20. The number of hydrazone groups is 1. The number of ether oxygens (including phenoxy) is 2. The van der Waals surface area contributed by atoms with Crippen LogP contribution in [0.2, 0.25) is 0 Å². The molecule has 0 aliphatic heterocycles. The fourth-order valence-corrected chi connectivity index (χ4v) is 2.76. The molecule has 0 N–H and O–H groups in total. The van der Waals surface area contributed by atoms with Crippen LogP contribution in [0, 0.1) is 10.1 Å². The molecule has 0 aliphatic carbocycles. The van der Waals surface area contributed by atoms with E-state index in [-0.39, 0.29) is 24.7 Å². The number of nitrogens with zero attached hydrogens (tertiary/aromatic N) is 3. The molecule has 8 nitrogen and oxygen atoms in total. The predicted octanol–water partition coefficient (Wildman–Crippen LogP) is 5.04. The summed E-state index contributed by atoms with van der Waals surface area (Å²) in [5.41, 5.74) is 1.46. The number of carbonyl (C=O) groups is 1. The van der Waals surface area contributed by atoms with Gasteiger partial charge in [-0.3, -0.25) is 10.1 Å². The normalized spacial score (nSPS) is 10.9. The minimum Gasteiger partial charge on any atom is -0.480 e. The molecule has 0 aliphatic rings. The van der Waals surface area contributed by atoms with Gasteiger partial charge in [0.1, 0.15) is 12.3 Å². The van der Waals surface area contributed by atoms with Crippen molar-refractivity contribution < 1.29 is 19.2 Å². The van der Waals surface area contributed by atoms with Crippen molar-refractivity contribution in [2.75, 3.05) is 18.2 Å². The summed E-state index contributed by atoms with van der Waals surface area (Å²) < 4.78 is 10.9. The van der Waals surface area contributed by atoms with E-state index in [2.05, 4.69) is 5.10 Å². The molecule has 0 aromatic heterocycles. The van der Waals surface area contributed by atoms with Crippen LogP contribution >= 0.6 is 0 Å². The zero-order valence-electron chi connectivity index (χ0n) is 16.9. The van der Waals surface area contributed by atoms with Gasteiger partial charge in [0, 0.05) is 11.6 Å². The molecule has 0 heterocycles. The smallest absolute Gasteiger partial charge is 0.435 e. The van der Waals surface area contributed by atoms with Gasteiger partial charge in [-0.1, -0.05) is 60.7 Å². The zero-order valence-corrected chi connectivity index (χ0v) is 16.9. The van der Waals surface area contributed by atoms with Crippen molar-refractivity contribution in [2.24, 2.45) is 5.10 Å². The van der Waals surface area contributed by atoms with Crippen molar-refractivity contribution >= 4 is 23.2 Å². The molecule has 3 aromatic carbocycles. The summed E-state index contributed by atoms with van der Waals surface area (Å²) in [6.07, 6.45) is -0.646. The van der Waals surface area contributed by atoms with E-state index < -0.39 is 11.0 Å². The van der Waals surface area contributed by atoms with Crippen LogP contribution in [0.3, 0.4) is 0 Å². The lowest BCUT2D eigenvalue weighted by Crippen LogP contribution is -2.29. The van der Waals surface area contributed by atoms with Crippen LogP contribution in [0.25, 0.3) is 0 Å². The van der Waals surface area contributed by atoms with E-state index in [1.54, 1.807) is 43.3 Å². The van der Waals surface area contributed by atoms with Crippen LogP contribution in [0.5, 0.6) is 5.75 Å². The van der Waals surface area contributed by atoms with Gasteiger partial charge in [-0.25, -0.2) is 4.79 Å². The second-order valence-corrected chi connectivity index (χ2v) is 6.27. The van der Waals surface area contributed by atoms with Gasteiger partial charge in [0.25, 0.3) is 0 Å². The maximum atomic E-state index is 12.6. The highest BCUT2D eigenvalue weighted by molar-refractivity contribution is 6.04. The van der Waals surface area contributed by atoms with Crippen molar-refractivity contribution in [3.8, 4) is 5.75 Å². The SMILES string of the molecule is CCOC(=O)N(/N=C(\COc1ccccc1[N+](=O)[O-])c1ccccc1)c1ccccc1. The Morgan fingerprint density at radius 1 is 0.968 bits per heavy atom. The predicted molar refractivity (Wildman–Crippen MR) is 118 cm³/mol. The zero-order chi connectivity index (χ0) is 22.1. The first-order valence-electron chi connectivity index (χ1n) is 9.61. The molecular formula is C23H21N3O5. The van der Waals surface area contributed by atoms with Crippen LogP contribution in [-0.4, -0.2) is 29.9 Å². The Morgan fingerprint density at radius 2 is 1.58 bits per heavy atom. The molecule has 0 unspecified atom stereocenters. The second kappa shape index (κ2) is 10.5. The first-order valence-corrected chi connectivity index (χ1v) is 9.61. The van der Waals surface area contributed by atoms with E-state index in [0.29, 0.717) is 17.0 Å². The number of nitro groups is 1. The van der Waals surface area contributed by atoms with Gasteiger partial charge in [0.05, 0.1) is 17.2 Å². The summed E-state index contributed by atoms with van der Waals surface area (Å²) >= 11 is 0. The van der Waals surface area contributed by atoms with Crippen LogP contribution in [0.1, 0.15) is 12.5 Å². The minimum atomic E-state index is -0.646. The van der Waals surface area contributed by atoms with Gasteiger partial charge < -0.3 is 9.47 Å².